The van der Waals surface area contributed by atoms with Crippen LogP contribution in [0, 0.1) is 17.0 Å². The standard InChI is InChI=1S/C28H30F2N6O3S/c1-27(22-16-21(9-10-23(22)30)33-25(37)24-11-8-20(29)17-32-24)28(40(38,39)35(2)26(31)34-27)13-15-36(18-28)14-12-19-6-4-3-5-7-19/h3-11,16-17H,12-15,18H2,1-2H3,(H2,31,34)(H,33,37)/t27-,28-/m1/s1. The van der Waals surface area contributed by atoms with Gasteiger partial charge in [0.05, 0.1) is 11.7 Å². The number of aromatic nitrogens is 1. The Morgan fingerprint density at radius 2 is 1.90 bits per heavy atom. The van der Waals surface area contributed by atoms with Crippen LogP contribution in [0.4, 0.5) is 14.5 Å². The van der Waals surface area contributed by atoms with E-state index < -0.39 is 37.9 Å². The molecule has 1 spiro atoms. The lowest BCUT2D eigenvalue weighted by Crippen LogP contribution is -2.74. The van der Waals surface area contributed by atoms with Crippen molar-refractivity contribution in [3.63, 3.8) is 0 Å². The maximum Gasteiger partial charge on any atom is 0.274 e. The second-order valence-electron chi connectivity index (χ2n) is 10.3. The normalized spacial score (nSPS) is 24.2. The van der Waals surface area contributed by atoms with E-state index in [2.05, 4.69) is 20.5 Å². The number of amides is 1. The van der Waals surface area contributed by atoms with E-state index in [1.807, 2.05) is 30.3 Å². The lowest BCUT2D eigenvalue weighted by atomic mass is 9.77. The van der Waals surface area contributed by atoms with Crippen molar-refractivity contribution in [3.8, 4) is 0 Å². The van der Waals surface area contributed by atoms with Crippen LogP contribution in [0.1, 0.15) is 35.0 Å². The summed E-state index contributed by atoms with van der Waals surface area (Å²) in [5.41, 5.74) is -0.256. The van der Waals surface area contributed by atoms with Gasteiger partial charge in [-0.3, -0.25) is 10.2 Å². The molecule has 1 aromatic heterocycles. The van der Waals surface area contributed by atoms with Gasteiger partial charge in [0, 0.05) is 31.4 Å². The zero-order valence-corrected chi connectivity index (χ0v) is 22.9. The van der Waals surface area contributed by atoms with Crippen molar-refractivity contribution in [1.29, 1.82) is 5.41 Å². The minimum atomic E-state index is -4.12. The number of nitrogens with zero attached hydrogens (tertiary/aromatic N) is 3. The molecule has 0 aliphatic carbocycles. The second-order valence-corrected chi connectivity index (χ2v) is 12.6. The third kappa shape index (κ3) is 4.60. The molecular weight excluding hydrogens is 538 g/mol. The highest BCUT2D eigenvalue weighted by Gasteiger charge is 2.66. The van der Waals surface area contributed by atoms with Crippen LogP contribution in [0.5, 0.6) is 0 Å². The predicted molar refractivity (Wildman–Crippen MR) is 147 cm³/mol. The number of hydrogen-bond donors (Lipinski definition) is 3. The minimum absolute atomic E-state index is 0.00343. The lowest BCUT2D eigenvalue weighted by Gasteiger charge is -2.52. The van der Waals surface area contributed by atoms with E-state index in [1.54, 1.807) is 6.92 Å². The Balaban J connectivity index is 1.50. The van der Waals surface area contributed by atoms with Crippen molar-refractivity contribution >= 4 is 27.6 Å². The molecule has 0 radical (unpaired) electrons. The number of nitrogens with one attached hydrogen (secondary N) is 3. The molecule has 3 aromatic rings. The monoisotopic (exact) mass is 568 g/mol. The number of rotatable bonds is 6. The van der Waals surface area contributed by atoms with Gasteiger partial charge in [-0.15, -0.1) is 0 Å². The molecule has 2 atom stereocenters. The summed E-state index contributed by atoms with van der Waals surface area (Å²) >= 11 is 0. The van der Waals surface area contributed by atoms with Gasteiger partial charge >= 0.3 is 0 Å². The third-order valence-electron chi connectivity index (χ3n) is 8.04. The summed E-state index contributed by atoms with van der Waals surface area (Å²) in [6, 6.07) is 16.1. The van der Waals surface area contributed by atoms with Crippen molar-refractivity contribution in [2.45, 2.75) is 30.1 Å². The molecule has 3 heterocycles. The Hall–Kier alpha value is -3.90. The highest BCUT2D eigenvalue weighted by atomic mass is 32.2. The van der Waals surface area contributed by atoms with Gasteiger partial charge in [0.1, 0.15) is 22.1 Å². The number of benzene rings is 2. The molecule has 2 aromatic carbocycles. The van der Waals surface area contributed by atoms with Crippen molar-refractivity contribution < 1.29 is 22.0 Å². The number of guanidine groups is 1. The SMILES string of the molecule is CN1C(=N)N[C@](C)(c2cc(NC(=O)c3ccc(F)cn3)ccc2F)[C@]2(CCN(CCc3ccccc3)C2)S1(=O)=O. The molecule has 5 rings (SSSR count). The molecule has 2 fully saturated rings. The van der Waals surface area contributed by atoms with E-state index in [9.17, 15) is 17.6 Å². The van der Waals surface area contributed by atoms with Crippen LogP contribution in [-0.2, 0) is 22.0 Å². The van der Waals surface area contributed by atoms with E-state index in [-0.39, 0.29) is 35.9 Å². The fourth-order valence-electron chi connectivity index (χ4n) is 5.67. The highest BCUT2D eigenvalue weighted by molar-refractivity contribution is 7.91. The van der Waals surface area contributed by atoms with Gasteiger partial charge in [-0.05, 0) is 62.2 Å². The highest BCUT2D eigenvalue weighted by Crippen LogP contribution is 2.49. The van der Waals surface area contributed by atoms with E-state index in [1.165, 1.54) is 25.2 Å². The molecule has 0 saturated carbocycles. The molecule has 210 valence electrons. The van der Waals surface area contributed by atoms with E-state index >= 15 is 4.39 Å². The summed E-state index contributed by atoms with van der Waals surface area (Å²) in [4.78, 5) is 18.5. The molecule has 0 unspecified atom stereocenters. The molecule has 3 N–H and O–H groups in total. The topological polar surface area (TPSA) is 118 Å². The van der Waals surface area contributed by atoms with Crippen LogP contribution in [0.25, 0.3) is 0 Å². The molecule has 2 aliphatic heterocycles. The summed E-state index contributed by atoms with van der Waals surface area (Å²) in [6.07, 6.45) is 1.85. The fourth-order valence-corrected chi connectivity index (χ4v) is 7.86. The van der Waals surface area contributed by atoms with Gasteiger partial charge in [-0.1, -0.05) is 30.3 Å². The number of halogens is 2. The first kappa shape index (κ1) is 27.7. The van der Waals surface area contributed by atoms with Gasteiger partial charge < -0.3 is 15.5 Å². The first-order chi connectivity index (χ1) is 19.0. The molecular formula is C28H30F2N6O3S. The molecule has 2 aliphatic rings. The smallest absolute Gasteiger partial charge is 0.274 e. The third-order valence-corrected chi connectivity index (χ3v) is 10.7. The van der Waals surface area contributed by atoms with Crippen LogP contribution < -0.4 is 10.6 Å². The molecule has 12 heteroatoms. The first-order valence-corrected chi connectivity index (χ1v) is 14.3. The van der Waals surface area contributed by atoms with Crippen LogP contribution in [0.15, 0.2) is 66.9 Å². The first-order valence-electron chi connectivity index (χ1n) is 12.8. The summed E-state index contributed by atoms with van der Waals surface area (Å²) in [6.45, 7) is 2.80. The van der Waals surface area contributed by atoms with Crippen molar-refractivity contribution in [1.82, 2.24) is 19.5 Å². The number of pyridine rings is 1. The largest absolute Gasteiger partial charge is 0.345 e. The van der Waals surface area contributed by atoms with Crippen molar-refractivity contribution in [2.24, 2.45) is 0 Å². The summed E-state index contributed by atoms with van der Waals surface area (Å²) in [5.74, 6) is -2.28. The number of likely N-dealkylation sites (tertiary alicyclic amines) is 1. The minimum Gasteiger partial charge on any atom is -0.345 e. The van der Waals surface area contributed by atoms with E-state index in [4.69, 9.17) is 5.41 Å². The Bertz CT molecular complexity index is 1550. The second kappa shape index (κ2) is 10.3. The lowest BCUT2D eigenvalue weighted by molar-refractivity contribution is 0.102. The average molecular weight is 569 g/mol. The Labute approximate surface area is 231 Å². The number of carbonyl (C=O) groups is 1. The summed E-state index contributed by atoms with van der Waals surface area (Å²) in [7, 11) is -2.80. The molecule has 9 nitrogen and oxygen atoms in total. The Morgan fingerprint density at radius 1 is 1.15 bits per heavy atom. The maximum atomic E-state index is 15.6. The van der Waals surface area contributed by atoms with Crippen molar-refractivity contribution in [3.05, 3.63) is 95.3 Å². The number of anilines is 1. The molecule has 1 amide bonds. The molecule has 40 heavy (non-hydrogen) atoms. The quantitative estimate of drug-likeness (QED) is 0.420. The van der Waals surface area contributed by atoms with E-state index in [0.717, 1.165) is 34.6 Å². The zero-order chi connectivity index (χ0) is 28.7. The molecule has 0 bridgehead atoms. The summed E-state index contributed by atoms with van der Waals surface area (Å²) in [5, 5.41) is 14.0. The van der Waals surface area contributed by atoms with Crippen LogP contribution >= 0.6 is 0 Å². The Kier molecular flexibility index (Phi) is 7.09. The van der Waals surface area contributed by atoms with Crippen LogP contribution in [0.3, 0.4) is 0 Å². The van der Waals surface area contributed by atoms with Gasteiger partial charge in [0.15, 0.2) is 0 Å². The number of carbonyl (C=O) groups excluding carboxylic acids is 1. The fraction of sp³-hybridized carbons (Fsp3) is 0.321. The van der Waals surface area contributed by atoms with Crippen LogP contribution in [-0.4, -0.2) is 65.9 Å². The number of hydrogen-bond acceptors (Lipinski definition) is 6. The number of sulfonamides is 1. The Morgan fingerprint density at radius 3 is 2.60 bits per heavy atom. The van der Waals surface area contributed by atoms with Gasteiger partial charge in [-0.2, -0.15) is 0 Å². The van der Waals surface area contributed by atoms with E-state index in [0.29, 0.717) is 13.1 Å². The van der Waals surface area contributed by atoms with Gasteiger partial charge in [0.2, 0.25) is 16.0 Å². The maximum absolute atomic E-state index is 15.6. The van der Waals surface area contributed by atoms with Crippen LogP contribution in [0.2, 0.25) is 0 Å². The predicted octanol–water partition coefficient (Wildman–Crippen LogP) is 3.31. The molecule has 2 saturated heterocycles. The average Bonchev–Trinajstić information content (AvgIpc) is 3.39. The summed E-state index contributed by atoms with van der Waals surface area (Å²) < 4.78 is 56.3. The zero-order valence-electron chi connectivity index (χ0n) is 22.1. The van der Waals surface area contributed by atoms with Gasteiger partial charge in [0.25, 0.3) is 5.91 Å². The van der Waals surface area contributed by atoms with Crippen molar-refractivity contribution in [2.75, 3.05) is 32.0 Å². The van der Waals surface area contributed by atoms with Gasteiger partial charge in [-0.25, -0.2) is 26.5 Å².